The van der Waals surface area contributed by atoms with E-state index in [4.69, 9.17) is 9.15 Å². The molecule has 2 aromatic rings. The van der Waals surface area contributed by atoms with Gasteiger partial charge < -0.3 is 37.6 Å². The average Bonchev–Trinajstić information content (AvgIpc) is 2.79. The Morgan fingerprint density at radius 1 is 1.22 bits per heavy atom. The normalized spacial score (nSPS) is 14.2. The van der Waals surface area contributed by atoms with E-state index in [1.165, 1.54) is 0 Å². The molecule has 0 bridgehead atoms. The number of fused-ring (bicyclic) bond motifs is 1. The van der Waals surface area contributed by atoms with Gasteiger partial charge in [0.05, 0.1) is 27.7 Å². The maximum Gasteiger partial charge on any atom is 0.374 e. The molecule has 0 N–H and O–H groups in total. The van der Waals surface area contributed by atoms with Gasteiger partial charge in [0, 0.05) is 11.3 Å². The van der Waals surface area contributed by atoms with Gasteiger partial charge in [0.1, 0.15) is 11.7 Å². The molecule has 1 aromatic carbocycles. The van der Waals surface area contributed by atoms with Crippen molar-refractivity contribution in [2.45, 2.75) is 26.9 Å². The summed E-state index contributed by atoms with van der Waals surface area (Å²) in [4.78, 5) is 12.3. The van der Waals surface area contributed by atoms with Crippen molar-refractivity contribution in [3.8, 4) is 0 Å². The Bertz CT molecular complexity index is 672. The maximum absolute atomic E-state index is 12.3. The molecule has 5 heteroatoms. The number of benzene rings is 1. The predicted molar refractivity (Wildman–Crippen MR) is 87.9 cm³/mol. The summed E-state index contributed by atoms with van der Waals surface area (Å²) in [5, 5.41) is 0.930. The zero-order chi connectivity index (χ0) is 16.5. The van der Waals surface area contributed by atoms with E-state index in [1.54, 1.807) is 6.07 Å². The molecule has 0 saturated carbocycles. The van der Waals surface area contributed by atoms with Gasteiger partial charge in [-0.05, 0) is 32.0 Å². The molecule has 0 spiro atoms. The van der Waals surface area contributed by atoms with E-state index < -0.39 is 5.97 Å². The summed E-state index contributed by atoms with van der Waals surface area (Å²) in [5.74, 6) is 0.148. The number of rotatable bonds is 5. The van der Waals surface area contributed by atoms with Crippen LogP contribution in [0.1, 0.15) is 30.0 Å². The van der Waals surface area contributed by atoms with E-state index in [1.807, 2.05) is 32.0 Å². The molecule has 0 fully saturated rings. The molecular formula is C18H26INO3. The van der Waals surface area contributed by atoms with Gasteiger partial charge >= 0.3 is 5.97 Å². The smallest absolute Gasteiger partial charge is 0.374 e. The predicted octanol–water partition coefficient (Wildman–Crippen LogP) is 0.633. The Balaban J connectivity index is 0.00000264. The summed E-state index contributed by atoms with van der Waals surface area (Å²) in [6.07, 6.45) is -0.153. The number of esters is 1. The van der Waals surface area contributed by atoms with E-state index >= 15 is 0 Å². The highest BCUT2D eigenvalue weighted by atomic mass is 127. The second-order valence-electron chi connectivity index (χ2n) is 7.21. The summed E-state index contributed by atoms with van der Waals surface area (Å²) in [5.41, 5.74) is 1.85. The first-order valence-corrected chi connectivity index (χ1v) is 7.67. The fourth-order valence-corrected chi connectivity index (χ4v) is 2.62. The van der Waals surface area contributed by atoms with E-state index in [9.17, 15) is 4.79 Å². The Labute approximate surface area is 155 Å². The minimum Gasteiger partial charge on any atom is -1.00 e. The van der Waals surface area contributed by atoms with Crippen LogP contribution in [0.25, 0.3) is 11.0 Å². The topological polar surface area (TPSA) is 39.4 Å². The van der Waals surface area contributed by atoms with Crippen LogP contribution < -0.4 is 24.0 Å². The summed E-state index contributed by atoms with van der Waals surface area (Å²) in [7, 11) is 6.39. The molecule has 0 saturated heterocycles. The molecule has 2 unspecified atom stereocenters. The number of hydrogen-bond donors (Lipinski definition) is 0. The minimum atomic E-state index is -0.394. The van der Waals surface area contributed by atoms with Crippen molar-refractivity contribution in [3.05, 3.63) is 35.6 Å². The molecule has 0 radical (unpaired) electrons. The maximum atomic E-state index is 12.3. The number of halogens is 1. The van der Waals surface area contributed by atoms with Crippen molar-refractivity contribution in [3.63, 3.8) is 0 Å². The summed E-state index contributed by atoms with van der Waals surface area (Å²) < 4.78 is 12.0. The van der Waals surface area contributed by atoms with Crippen molar-refractivity contribution < 1.29 is 42.4 Å². The lowest BCUT2D eigenvalue weighted by Gasteiger charge is -2.30. The van der Waals surface area contributed by atoms with Gasteiger partial charge in [-0.25, -0.2) is 4.79 Å². The third-order valence-corrected chi connectivity index (χ3v) is 3.80. The number of nitrogens with zero attached hydrogens (tertiary/aromatic N) is 1. The molecule has 1 aromatic heterocycles. The van der Waals surface area contributed by atoms with Crippen LogP contribution in [-0.2, 0) is 4.74 Å². The number of carbonyl (C=O) groups excluding carboxylic acids is 1. The van der Waals surface area contributed by atoms with Gasteiger partial charge in [-0.2, -0.15) is 0 Å². The van der Waals surface area contributed by atoms with Crippen LogP contribution in [0.5, 0.6) is 0 Å². The van der Waals surface area contributed by atoms with E-state index in [-0.39, 0.29) is 41.8 Å². The lowest BCUT2D eigenvalue weighted by molar-refractivity contribution is -0.874. The van der Waals surface area contributed by atoms with Crippen LogP contribution in [-0.4, -0.2) is 44.2 Å². The van der Waals surface area contributed by atoms with Crippen LogP contribution >= 0.6 is 0 Å². The van der Waals surface area contributed by atoms with Crippen molar-refractivity contribution in [1.82, 2.24) is 0 Å². The number of aryl methyl sites for hydroxylation is 1. The third-order valence-electron chi connectivity index (χ3n) is 3.80. The lowest BCUT2D eigenvalue weighted by atomic mass is 10.1. The van der Waals surface area contributed by atoms with Crippen LogP contribution in [0.15, 0.2) is 28.7 Å². The quantitative estimate of drug-likeness (QED) is 0.396. The molecule has 128 valence electrons. The van der Waals surface area contributed by atoms with Gasteiger partial charge in [-0.1, -0.05) is 18.6 Å². The lowest BCUT2D eigenvalue weighted by Crippen LogP contribution is -3.00. The number of furan rings is 1. The highest BCUT2D eigenvalue weighted by Crippen LogP contribution is 2.22. The Morgan fingerprint density at radius 3 is 2.48 bits per heavy atom. The monoisotopic (exact) mass is 431 g/mol. The zero-order valence-corrected chi connectivity index (χ0v) is 16.9. The van der Waals surface area contributed by atoms with Gasteiger partial charge in [0.15, 0.2) is 0 Å². The van der Waals surface area contributed by atoms with E-state index in [2.05, 4.69) is 28.1 Å². The standard InChI is InChI=1S/C18H26NO3.HI/c1-12-7-8-16-15(9-12)10-17(22-16)18(20)21-14(3)13(2)11-19(4,5)6;/h7-10,13-14H,11H2,1-6H3;1H/q+1;/p-1. The number of carbonyl (C=O) groups is 1. The van der Waals surface area contributed by atoms with Crippen molar-refractivity contribution in [1.29, 1.82) is 0 Å². The molecule has 0 amide bonds. The van der Waals surface area contributed by atoms with Crippen LogP contribution in [0, 0.1) is 12.8 Å². The fraction of sp³-hybridized carbons (Fsp3) is 0.500. The van der Waals surface area contributed by atoms with Crippen molar-refractivity contribution in [2.75, 3.05) is 27.7 Å². The molecule has 2 atom stereocenters. The van der Waals surface area contributed by atoms with Crippen molar-refractivity contribution >= 4 is 16.9 Å². The first-order valence-electron chi connectivity index (χ1n) is 7.67. The van der Waals surface area contributed by atoms with Gasteiger partial charge in [0.25, 0.3) is 0 Å². The number of ether oxygens (including phenoxy) is 1. The molecule has 0 aliphatic carbocycles. The number of quaternary nitrogens is 1. The third kappa shape index (κ3) is 5.49. The second-order valence-corrected chi connectivity index (χ2v) is 7.21. The van der Waals surface area contributed by atoms with Crippen molar-refractivity contribution in [2.24, 2.45) is 5.92 Å². The SMILES string of the molecule is Cc1ccc2oc(C(=O)OC(C)C(C)C[N+](C)(C)C)cc2c1.[I-]. The largest absolute Gasteiger partial charge is 1.00 e. The van der Waals surface area contributed by atoms with Crippen LogP contribution in [0.2, 0.25) is 0 Å². The zero-order valence-electron chi connectivity index (χ0n) is 14.7. The average molecular weight is 431 g/mol. The molecule has 0 aliphatic heterocycles. The molecule has 23 heavy (non-hydrogen) atoms. The molecular weight excluding hydrogens is 405 g/mol. The molecule has 2 rings (SSSR count). The fourth-order valence-electron chi connectivity index (χ4n) is 2.62. The summed E-state index contributed by atoms with van der Waals surface area (Å²) >= 11 is 0. The van der Waals surface area contributed by atoms with Crippen LogP contribution in [0.3, 0.4) is 0 Å². The first-order chi connectivity index (χ1) is 10.2. The number of hydrogen-bond acceptors (Lipinski definition) is 3. The Morgan fingerprint density at radius 2 is 1.87 bits per heavy atom. The van der Waals surface area contributed by atoms with E-state index in [0.717, 1.165) is 22.0 Å². The highest BCUT2D eigenvalue weighted by molar-refractivity contribution is 5.92. The minimum absolute atomic E-state index is 0. The summed E-state index contributed by atoms with van der Waals surface area (Å²) in [6, 6.07) is 7.60. The summed E-state index contributed by atoms with van der Waals surface area (Å²) in [6.45, 7) is 6.99. The first kappa shape index (κ1) is 20.0. The van der Waals surface area contributed by atoms with Gasteiger partial charge in [0.2, 0.25) is 5.76 Å². The van der Waals surface area contributed by atoms with Gasteiger partial charge in [-0.15, -0.1) is 0 Å². The molecule has 4 nitrogen and oxygen atoms in total. The second kappa shape index (κ2) is 7.66. The Kier molecular flexibility index (Phi) is 6.65. The van der Waals surface area contributed by atoms with E-state index in [0.29, 0.717) is 5.58 Å². The van der Waals surface area contributed by atoms with Gasteiger partial charge in [-0.3, -0.25) is 0 Å². The highest BCUT2D eigenvalue weighted by Gasteiger charge is 2.24. The van der Waals surface area contributed by atoms with Crippen LogP contribution in [0.4, 0.5) is 0 Å². The molecule has 0 aliphatic rings. The Hall–Kier alpha value is -1.08. The molecule has 1 heterocycles.